The number of hydrogen-bond acceptors (Lipinski definition) is 5. The van der Waals surface area contributed by atoms with E-state index in [0.717, 1.165) is 30.6 Å². The molecule has 1 aliphatic rings. The zero-order valence-electron chi connectivity index (χ0n) is 10.7. The van der Waals surface area contributed by atoms with Crippen LogP contribution in [0, 0.1) is 0 Å². The molecule has 0 radical (unpaired) electrons. The number of anilines is 1. The second-order valence-corrected chi connectivity index (χ2v) is 4.77. The average molecular weight is 257 g/mol. The SMILES string of the molecule is CN1CCc2c(cncc2C(=O)n2ccnc2N)C1. The third-order valence-corrected chi connectivity index (χ3v) is 3.45. The minimum absolute atomic E-state index is 0.163. The van der Waals surface area contributed by atoms with Gasteiger partial charge in [0.1, 0.15) is 0 Å². The molecule has 98 valence electrons. The van der Waals surface area contributed by atoms with Gasteiger partial charge in [-0.2, -0.15) is 0 Å². The maximum Gasteiger partial charge on any atom is 0.266 e. The molecule has 2 aromatic heterocycles. The molecule has 19 heavy (non-hydrogen) atoms. The van der Waals surface area contributed by atoms with Crippen LogP contribution in [0.1, 0.15) is 21.5 Å². The molecule has 3 rings (SSSR count). The van der Waals surface area contributed by atoms with Crippen LogP contribution in [0.4, 0.5) is 5.95 Å². The maximum atomic E-state index is 12.5. The van der Waals surface area contributed by atoms with Crippen molar-refractivity contribution in [1.29, 1.82) is 0 Å². The lowest BCUT2D eigenvalue weighted by molar-refractivity contribution is 0.0960. The summed E-state index contributed by atoms with van der Waals surface area (Å²) in [5.74, 6) is 0.0411. The summed E-state index contributed by atoms with van der Waals surface area (Å²) < 4.78 is 1.36. The van der Waals surface area contributed by atoms with E-state index in [1.165, 1.54) is 10.8 Å². The Balaban J connectivity index is 2.05. The van der Waals surface area contributed by atoms with Gasteiger partial charge in [-0.25, -0.2) is 4.98 Å². The lowest BCUT2D eigenvalue weighted by Crippen LogP contribution is -2.29. The number of pyridine rings is 1. The molecule has 1 aliphatic heterocycles. The van der Waals surface area contributed by atoms with Crippen LogP contribution in [0.15, 0.2) is 24.8 Å². The quantitative estimate of drug-likeness (QED) is 0.806. The normalized spacial score (nSPS) is 15.2. The maximum absolute atomic E-state index is 12.5. The Morgan fingerprint density at radius 3 is 3.00 bits per heavy atom. The van der Waals surface area contributed by atoms with Gasteiger partial charge in [-0.05, 0) is 24.6 Å². The van der Waals surface area contributed by atoms with Crippen LogP contribution in [0.25, 0.3) is 0 Å². The second-order valence-electron chi connectivity index (χ2n) is 4.77. The molecule has 0 unspecified atom stereocenters. The van der Waals surface area contributed by atoms with Gasteiger partial charge in [-0.1, -0.05) is 0 Å². The number of nitrogens with two attached hydrogens (primary N) is 1. The number of fused-ring (bicyclic) bond motifs is 1. The van der Waals surface area contributed by atoms with Crippen LogP contribution in [0.5, 0.6) is 0 Å². The highest BCUT2D eigenvalue weighted by atomic mass is 16.2. The van der Waals surface area contributed by atoms with Crippen LogP contribution >= 0.6 is 0 Å². The number of carbonyl (C=O) groups excluding carboxylic acids is 1. The van der Waals surface area contributed by atoms with Crippen molar-refractivity contribution in [3.05, 3.63) is 41.5 Å². The number of nitrogens with zero attached hydrogens (tertiary/aromatic N) is 4. The fourth-order valence-corrected chi connectivity index (χ4v) is 2.44. The average Bonchev–Trinajstić information content (AvgIpc) is 2.83. The molecule has 0 aromatic carbocycles. The van der Waals surface area contributed by atoms with Crippen molar-refractivity contribution in [2.75, 3.05) is 19.3 Å². The molecule has 6 heteroatoms. The molecule has 0 fully saturated rings. The number of rotatable bonds is 1. The predicted octanol–water partition coefficient (Wildman–Crippen LogP) is 0.537. The van der Waals surface area contributed by atoms with E-state index >= 15 is 0 Å². The van der Waals surface area contributed by atoms with Crippen LogP contribution in [0.2, 0.25) is 0 Å². The van der Waals surface area contributed by atoms with Crippen LogP contribution in [-0.4, -0.2) is 38.9 Å². The topological polar surface area (TPSA) is 77.0 Å². The Morgan fingerprint density at radius 2 is 2.26 bits per heavy atom. The van der Waals surface area contributed by atoms with Crippen LogP contribution in [-0.2, 0) is 13.0 Å². The van der Waals surface area contributed by atoms with Crippen molar-refractivity contribution < 1.29 is 4.79 Å². The molecule has 6 nitrogen and oxygen atoms in total. The van der Waals surface area contributed by atoms with Crippen molar-refractivity contribution in [1.82, 2.24) is 19.4 Å². The summed E-state index contributed by atoms with van der Waals surface area (Å²) >= 11 is 0. The summed E-state index contributed by atoms with van der Waals surface area (Å²) in [6.07, 6.45) is 7.39. The zero-order chi connectivity index (χ0) is 13.4. The smallest absolute Gasteiger partial charge is 0.266 e. The van der Waals surface area contributed by atoms with E-state index in [2.05, 4.69) is 21.9 Å². The number of imidazole rings is 1. The van der Waals surface area contributed by atoms with E-state index in [9.17, 15) is 4.79 Å². The minimum atomic E-state index is -0.163. The van der Waals surface area contributed by atoms with Gasteiger partial charge >= 0.3 is 0 Å². The molecule has 0 saturated heterocycles. The Morgan fingerprint density at radius 1 is 1.42 bits per heavy atom. The Labute approximate surface area is 110 Å². The van der Waals surface area contributed by atoms with E-state index in [4.69, 9.17) is 5.73 Å². The van der Waals surface area contributed by atoms with Gasteiger partial charge in [-0.15, -0.1) is 0 Å². The number of carbonyl (C=O) groups is 1. The molecular formula is C13H15N5O. The Hall–Kier alpha value is -2.21. The van der Waals surface area contributed by atoms with E-state index < -0.39 is 0 Å². The van der Waals surface area contributed by atoms with Crippen molar-refractivity contribution >= 4 is 11.9 Å². The van der Waals surface area contributed by atoms with E-state index in [-0.39, 0.29) is 11.9 Å². The van der Waals surface area contributed by atoms with Gasteiger partial charge in [0, 0.05) is 37.9 Å². The summed E-state index contributed by atoms with van der Waals surface area (Å²) in [5.41, 5.74) is 8.48. The largest absolute Gasteiger partial charge is 0.369 e. The third kappa shape index (κ3) is 2.00. The van der Waals surface area contributed by atoms with Gasteiger partial charge in [0.15, 0.2) is 0 Å². The van der Waals surface area contributed by atoms with E-state index in [0.29, 0.717) is 5.56 Å². The lowest BCUT2D eigenvalue weighted by atomic mass is 9.97. The summed E-state index contributed by atoms with van der Waals surface area (Å²) in [4.78, 5) is 22.7. The molecule has 0 bridgehead atoms. The van der Waals surface area contributed by atoms with Crippen molar-refractivity contribution in [2.24, 2.45) is 0 Å². The third-order valence-electron chi connectivity index (χ3n) is 3.45. The molecular weight excluding hydrogens is 242 g/mol. The first-order chi connectivity index (χ1) is 9.16. The number of likely N-dealkylation sites (N-methyl/N-ethyl adjacent to an activating group) is 1. The highest BCUT2D eigenvalue weighted by Gasteiger charge is 2.22. The molecule has 2 aromatic rings. The molecule has 0 spiro atoms. The van der Waals surface area contributed by atoms with Crippen molar-refractivity contribution in [2.45, 2.75) is 13.0 Å². The first-order valence-corrected chi connectivity index (χ1v) is 6.14. The molecule has 3 heterocycles. The van der Waals surface area contributed by atoms with Crippen molar-refractivity contribution in [3.63, 3.8) is 0 Å². The van der Waals surface area contributed by atoms with Gasteiger partial charge in [0.05, 0.1) is 5.56 Å². The molecule has 0 saturated carbocycles. The van der Waals surface area contributed by atoms with Gasteiger partial charge < -0.3 is 10.6 Å². The first-order valence-electron chi connectivity index (χ1n) is 6.14. The fraction of sp³-hybridized carbons (Fsp3) is 0.308. The van der Waals surface area contributed by atoms with Crippen molar-refractivity contribution in [3.8, 4) is 0 Å². The van der Waals surface area contributed by atoms with E-state index in [1.54, 1.807) is 12.4 Å². The standard InChI is InChI=1S/C13H15N5O/c1-17-4-2-10-9(8-17)6-15-7-11(10)12(19)18-5-3-16-13(18)14/h3,5-7H,2,4,8H2,1H3,(H2,14,16). The molecule has 0 amide bonds. The summed E-state index contributed by atoms with van der Waals surface area (Å²) in [7, 11) is 2.06. The van der Waals surface area contributed by atoms with Crippen LogP contribution in [0.3, 0.4) is 0 Å². The highest BCUT2D eigenvalue weighted by Crippen LogP contribution is 2.21. The minimum Gasteiger partial charge on any atom is -0.369 e. The summed E-state index contributed by atoms with van der Waals surface area (Å²) in [6.45, 7) is 1.76. The monoisotopic (exact) mass is 257 g/mol. The Bertz CT molecular complexity index is 634. The molecule has 0 aliphatic carbocycles. The Kier molecular flexibility index (Phi) is 2.79. The molecule has 2 N–H and O–H groups in total. The first kappa shape index (κ1) is 11.9. The highest BCUT2D eigenvalue weighted by molar-refractivity contribution is 5.98. The summed E-state index contributed by atoms with van der Waals surface area (Å²) in [5, 5.41) is 0. The molecule has 0 atom stereocenters. The van der Waals surface area contributed by atoms with E-state index in [1.807, 2.05) is 6.20 Å². The van der Waals surface area contributed by atoms with Gasteiger partial charge in [-0.3, -0.25) is 14.3 Å². The number of nitrogen functional groups attached to an aromatic ring is 1. The van der Waals surface area contributed by atoms with Gasteiger partial charge in [0.25, 0.3) is 5.91 Å². The predicted molar refractivity (Wildman–Crippen MR) is 70.6 cm³/mol. The fourth-order valence-electron chi connectivity index (χ4n) is 2.44. The zero-order valence-corrected chi connectivity index (χ0v) is 10.7. The second kappa shape index (κ2) is 4.47. The number of hydrogen-bond donors (Lipinski definition) is 1. The number of aromatic nitrogens is 3. The van der Waals surface area contributed by atoms with Crippen LogP contribution < -0.4 is 5.73 Å². The lowest BCUT2D eigenvalue weighted by Gasteiger charge is -2.25. The summed E-state index contributed by atoms with van der Waals surface area (Å²) in [6, 6.07) is 0. The van der Waals surface area contributed by atoms with Gasteiger partial charge in [0.2, 0.25) is 5.95 Å².